The largest absolute Gasteiger partial charge is 0.487 e. The minimum Gasteiger partial charge on any atom is -0.487 e. The molecule has 17 heavy (non-hydrogen) atoms. The molecule has 0 fully saturated rings. The highest BCUT2D eigenvalue weighted by molar-refractivity contribution is 9.11. The summed E-state index contributed by atoms with van der Waals surface area (Å²) in [6.45, 7) is 3.76. The summed E-state index contributed by atoms with van der Waals surface area (Å²) in [6.07, 6.45) is 0. The molecule has 0 saturated heterocycles. The van der Waals surface area contributed by atoms with Crippen LogP contribution in [0.5, 0.6) is 5.75 Å². The maximum absolute atomic E-state index is 11.1. The van der Waals surface area contributed by atoms with Crippen LogP contribution in [0, 0.1) is 0 Å². The SMILES string of the molecule is C=C(Br)COc1ccc(S(=O)(=O)Cl)c(Cl)c1Cl. The Morgan fingerprint density at radius 3 is 2.41 bits per heavy atom. The summed E-state index contributed by atoms with van der Waals surface area (Å²) in [7, 11) is 1.25. The summed E-state index contributed by atoms with van der Waals surface area (Å²) in [6, 6.07) is 2.60. The Balaban J connectivity index is 3.16. The third-order valence-corrected chi connectivity index (χ3v) is 4.23. The molecule has 0 atom stereocenters. The molecule has 1 rings (SSSR count). The Kier molecular flexibility index (Phi) is 5.16. The van der Waals surface area contributed by atoms with Crippen molar-refractivity contribution in [2.24, 2.45) is 0 Å². The zero-order valence-electron chi connectivity index (χ0n) is 8.21. The van der Waals surface area contributed by atoms with Crippen LogP contribution < -0.4 is 4.74 Å². The van der Waals surface area contributed by atoms with Gasteiger partial charge in [0.2, 0.25) is 0 Å². The molecule has 0 aliphatic heterocycles. The molecule has 0 aliphatic carbocycles. The minimum absolute atomic E-state index is 0.0119. The first kappa shape index (κ1) is 15.1. The van der Waals surface area contributed by atoms with Crippen molar-refractivity contribution in [3.05, 3.63) is 33.2 Å². The van der Waals surface area contributed by atoms with Gasteiger partial charge in [-0.1, -0.05) is 45.7 Å². The summed E-state index contributed by atoms with van der Waals surface area (Å²) in [5.74, 6) is 0.251. The fraction of sp³-hybridized carbons (Fsp3) is 0.111. The smallest absolute Gasteiger partial charge is 0.262 e. The van der Waals surface area contributed by atoms with E-state index in [1.54, 1.807) is 0 Å². The van der Waals surface area contributed by atoms with E-state index in [-0.39, 0.29) is 27.3 Å². The van der Waals surface area contributed by atoms with Crippen molar-refractivity contribution in [3.63, 3.8) is 0 Å². The molecule has 8 heteroatoms. The molecular weight excluding hydrogens is 374 g/mol. The summed E-state index contributed by atoms with van der Waals surface area (Å²) >= 11 is 14.8. The molecule has 0 amide bonds. The fourth-order valence-corrected chi connectivity index (χ4v) is 2.87. The highest BCUT2D eigenvalue weighted by Crippen LogP contribution is 2.38. The summed E-state index contributed by atoms with van der Waals surface area (Å²) in [4.78, 5) is -0.254. The van der Waals surface area contributed by atoms with E-state index in [0.717, 1.165) is 0 Å². The zero-order valence-corrected chi connectivity index (χ0v) is 12.9. The third-order valence-electron chi connectivity index (χ3n) is 1.66. The maximum atomic E-state index is 11.1. The van der Waals surface area contributed by atoms with Crippen LogP contribution in [0.4, 0.5) is 0 Å². The maximum Gasteiger partial charge on any atom is 0.262 e. The van der Waals surface area contributed by atoms with Crippen LogP contribution in [0.2, 0.25) is 10.0 Å². The molecule has 0 N–H and O–H groups in total. The van der Waals surface area contributed by atoms with Crippen LogP contribution in [-0.2, 0) is 9.05 Å². The van der Waals surface area contributed by atoms with Gasteiger partial charge < -0.3 is 4.74 Å². The normalized spacial score (nSPS) is 11.3. The number of ether oxygens (including phenoxy) is 1. The van der Waals surface area contributed by atoms with Crippen molar-refractivity contribution >= 4 is 58.9 Å². The summed E-state index contributed by atoms with van der Waals surface area (Å²) in [5, 5.41) is -0.179. The lowest BCUT2D eigenvalue weighted by atomic mass is 10.3. The van der Waals surface area contributed by atoms with E-state index in [4.69, 9.17) is 38.6 Å². The van der Waals surface area contributed by atoms with E-state index < -0.39 is 9.05 Å². The average Bonchev–Trinajstić information content (AvgIpc) is 2.18. The van der Waals surface area contributed by atoms with Crippen molar-refractivity contribution in [2.45, 2.75) is 4.90 Å². The van der Waals surface area contributed by atoms with Gasteiger partial charge in [0.1, 0.15) is 22.3 Å². The van der Waals surface area contributed by atoms with Crippen LogP contribution in [0.15, 0.2) is 28.1 Å². The monoisotopic (exact) mass is 378 g/mol. The molecule has 1 aromatic rings. The van der Waals surface area contributed by atoms with Gasteiger partial charge in [0, 0.05) is 15.2 Å². The second-order valence-corrected chi connectivity index (χ2v) is 7.35. The van der Waals surface area contributed by atoms with E-state index in [2.05, 4.69) is 22.5 Å². The third kappa shape index (κ3) is 4.03. The molecule has 1 aromatic carbocycles. The Labute approximate surface area is 122 Å². The minimum atomic E-state index is -3.93. The zero-order chi connectivity index (χ0) is 13.2. The lowest BCUT2D eigenvalue weighted by molar-refractivity contribution is 0.361. The quantitative estimate of drug-likeness (QED) is 0.735. The molecule has 0 aliphatic rings. The van der Waals surface area contributed by atoms with Crippen molar-refractivity contribution in [2.75, 3.05) is 6.61 Å². The summed E-state index contributed by atoms with van der Waals surface area (Å²) < 4.78 is 28.1. The van der Waals surface area contributed by atoms with Gasteiger partial charge in [-0.3, -0.25) is 0 Å². The van der Waals surface area contributed by atoms with Crippen molar-refractivity contribution in [3.8, 4) is 5.75 Å². The lowest BCUT2D eigenvalue weighted by Gasteiger charge is -2.09. The van der Waals surface area contributed by atoms with Gasteiger partial charge in [0.05, 0.1) is 5.02 Å². The highest BCUT2D eigenvalue weighted by Gasteiger charge is 2.19. The van der Waals surface area contributed by atoms with Gasteiger partial charge in [-0.2, -0.15) is 0 Å². The van der Waals surface area contributed by atoms with Crippen LogP contribution in [-0.4, -0.2) is 15.0 Å². The topological polar surface area (TPSA) is 43.4 Å². The van der Waals surface area contributed by atoms with Gasteiger partial charge in [0.25, 0.3) is 9.05 Å². The van der Waals surface area contributed by atoms with Gasteiger partial charge in [-0.05, 0) is 12.1 Å². The predicted molar refractivity (Wildman–Crippen MR) is 73.1 cm³/mol. The first-order chi connectivity index (χ1) is 7.73. The molecule has 0 saturated carbocycles. The number of benzene rings is 1. The average molecular weight is 380 g/mol. The molecule has 0 aromatic heterocycles. The second-order valence-electron chi connectivity index (χ2n) is 2.93. The van der Waals surface area contributed by atoms with E-state index in [1.807, 2.05) is 0 Å². The lowest BCUT2D eigenvalue weighted by Crippen LogP contribution is -1.99. The Hall–Kier alpha value is 0.0600. The fourth-order valence-electron chi connectivity index (χ4n) is 0.970. The van der Waals surface area contributed by atoms with E-state index in [9.17, 15) is 8.42 Å². The molecule has 0 bridgehead atoms. The van der Waals surface area contributed by atoms with Gasteiger partial charge in [-0.25, -0.2) is 8.42 Å². The Morgan fingerprint density at radius 1 is 1.35 bits per heavy atom. The van der Waals surface area contributed by atoms with Crippen LogP contribution in [0.3, 0.4) is 0 Å². The first-order valence-electron chi connectivity index (χ1n) is 4.12. The van der Waals surface area contributed by atoms with Gasteiger partial charge in [0.15, 0.2) is 0 Å². The second kappa shape index (κ2) is 5.80. The predicted octanol–water partition coefficient (Wildman–Crippen LogP) is 4.21. The van der Waals surface area contributed by atoms with Gasteiger partial charge in [-0.15, -0.1) is 0 Å². The van der Waals surface area contributed by atoms with Crippen LogP contribution >= 0.6 is 49.8 Å². The van der Waals surface area contributed by atoms with E-state index in [0.29, 0.717) is 4.48 Å². The van der Waals surface area contributed by atoms with Crippen molar-refractivity contribution in [1.82, 2.24) is 0 Å². The molecule has 0 unspecified atom stereocenters. The summed E-state index contributed by atoms with van der Waals surface area (Å²) in [5.41, 5.74) is 0. The number of rotatable bonds is 4. The van der Waals surface area contributed by atoms with Crippen LogP contribution in [0.25, 0.3) is 0 Å². The molecule has 3 nitrogen and oxygen atoms in total. The Morgan fingerprint density at radius 2 is 1.94 bits per heavy atom. The van der Waals surface area contributed by atoms with Crippen LogP contribution in [0.1, 0.15) is 0 Å². The Bertz CT molecular complexity index is 557. The first-order valence-corrected chi connectivity index (χ1v) is 7.98. The standard InChI is InChI=1S/C9H6BrCl3O3S/c1-5(10)4-16-6-2-3-7(17(13,14)15)9(12)8(6)11/h2-3H,1,4H2. The van der Waals surface area contributed by atoms with E-state index >= 15 is 0 Å². The molecule has 0 radical (unpaired) electrons. The highest BCUT2D eigenvalue weighted by atomic mass is 79.9. The number of hydrogen-bond donors (Lipinski definition) is 0. The van der Waals surface area contributed by atoms with Crippen molar-refractivity contribution < 1.29 is 13.2 Å². The van der Waals surface area contributed by atoms with E-state index in [1.165, 1.54) is 12.1 Å². The molecular formula is C9H6BrCl3O3S. The molecule has 94 valence electrons. The van der Waals surface area contributed by atoms with Crippen molar-refractivity contribution in [1.29, 1.82) is 0 Å². The number of halogens is 4. The molecule has 0 spiro atoms. The molecule has 0 heterocycles. The number of hydrogen-bond acceptors (Lipinski definition) is 3. The van der Waals surface area contributed by atoms with Gasteiger partial charge >= 0.3 is 0 Å².